The smallest absolute Gasteiger partial charge is 0.0346 e. The molecule has 0 aliphatic rings. The molecular weight excluding hydrogens is 585 g/mol. The standard InChI is InChI=1S/C38H26N4.C6H6/c1-6-27(33-17-35(29-8-2-12-39-23-29)21-36(18-33)30-9-3-13-40-24-30)16-28(7-1)34-19-37(31-10-4-14-41-25-31)22-38(20-34)32-11-5-15-42-26-32;1-2-4-6-5-3-1/h1-26H;1-6H. The first-order valence-electron chi connectivity index (χ1n) is 15.8. The summed E-state index contributed by atoms with van der Waals surface area (Å²) in [6.07, 6.45) is 14.9. The Bertz CT molecular complexity index is 1920. The second-order valence-electron chi connectivity index (χ2n) is 11.3. The van der Waals surface area contributed by atoms with E-state index in [1.54, 1.807) is 24.8 Å². The van der Waals surface area contributed by atoms with E-state index in [1.165, 1.54) is 0 Å². The Hall–Kier alpha value is -6.52. The molecule has 8 aromatic rings. The summed E-state index contributed by atoms with van der Waals surface area (Å²) < 4.78 is 0. The minimum atomic E-state index is 1.07. The van der Waals surface area contributed by atoms with Crippen LogP contribution in [-0.4, -0.2) is 19.9 Å². The van der Waals surface area contributed by atoms with Crippen LogP contribution in [0.3, 0.4) is 0 Å². The van der Waals surface area contributed by atoms with Crippen LogP contribution in [0.4, 0.5) is 0 Å². The molecule has 0 N–H and O–H groups in total. The highest BCUT2D eigenvalue weighted by Gasteiger charge is 2.11. The summed E-state index contributed by atoms with van der Waals surface area (Å²) in [5, 5.41) is 0. The van der Waals surface area contributed by atoms with Crippen LogP contribution < -0.4 is 0 Å². The number of hydrogen-bond donors (Lipinski definition) is 0. The van der Waals surface area contributed by atoms with Crippen molar-refractivity contribution in [2.24, 2.45) is 0 Å². The Kier molecular flexibility index (Phi) is 9.24. The van der Waals surface area contributed by atoms with Crippen LogP contribution in [0, 0.1) is 0 Å². The summed E-state index contributed by atoms with van der Waals surface area (Å²) in [6, 6.07) is 50.4. The van der Waals surface area contributed by atoms with E-state index in [9.17, 15) is 0 Å². The number of hydrogen-bond acceptors (Lipinski definition) is 4. The zero-order valence-corrected chi connectivity index (χ0v) is 26.3. The van der Waals surface area contributed by atoms with Crippen LogP contribution in [0.15, 0.2) is 195 Å². The molecular formula is C44H32N4. The minimum absolute atomic E-state index is 1.07. The van der Waals surface area contributed by atoms with Crippen molar-refractivity contribution < 1.29 is 0 Å². The third-order valence-corrected chi connectivity index (χ3v) is 8.04. The van der Waals surface area contributed by atoms with Gasteiger partial charge in [0.15, 0.2) is 0 Å². The van der Waals surface area contributed by atoms with Crippen molar-refractivity contribution in [3.63, 3.8) is 0 Å². The van der Waals surface area contributed by atoms with Crippen molar-refractivity contribution in [3.05, 3.63) is 195 Å². The predicted molar refractivity (Wildman–Crippen MR) is 197 cm³/mol. The number of nitrogens with zero attached hydrogens (tertiary/aromatic N) is 4. The lowest BCUT2D eigenvalue weighted by atomic mass is 9.91. The first kappa shape index (κ1) is 30.2. The SMILES string of the molecule is c1ccccc1.c1cncc(-c2cc(-c3cccnc3)cc(-c3cccc(-c4cc(-c5cccnc5)cc(-c5cccnc5)c4)c3)c2)c1. The molecule has 0 spiro atoms. The van der Waals surface area contributed by atoms with E-state index in [-0.39, 0.29) is 0 Å². The third kappa shape index (κ3) is 7.30. The second kappa shape index (κ2) is 14.7. The summed E-state index contributed by atoms with van der Waals surface area (Å²) in [7, 11) is 0. The van der Waals surface area contributed by atoms with Crippen molar-refractivity contribution in [1.29, 1.82) is 0 Å². The van der Waals surface area contributed by atoms with E-state index < -0.39 is 0 Å². The molecule has 0 fully saturated rings. The zero-order valence-electron chi connectivity index (χ0n) is 26.3. The number of pyridine rings is 4. The monoisotopic (exact) mass is 616 g/mol. The van der Waals surface area contributed by atoms with E-state index in [4.69, 9.17) is 0 Å². The fourth-order valence-corrected chi connectivity index (χ4v) is 5.65. The van der Waals surface area contributed by atoms with E-state index in [2.05, 4.69) is 105 Å². The van der Waals surface area contributed by atoms with Gasteiger partial charge in [-0.15, -0.1) is 0 Å². The predicted octanol–water partition coefficient (Wildman–Crippen LogP) is 11.0. The molecule has 0 atom stereocenters. The summed E-state index contributed by atoms with van der Waals surface area (Å²) in [5.74, 6) is 0. The van der Waals surface area contributed by atoms with Crippen molar-refractivity contribution in [3.8, 4) is 66.8 Å². The maximum absolute atomic E-state index is 4.36. The van der Waals surface area contributed by atoms with Gasteiger partial charge in [0.05, 0.1) is 0 Å². The lowest BCUT2D eigenvalue weighted by molar-refractivity contribution is 1.32. The number of aromatic nitrogens is 4. The summed E-state index contributed by atoms with van der Waals surface area (Å²) >= 11 is 0. The van der Waals surface area contributed by atoms with Crippen LogP contribution in [0.25, 0.3) is 66.8 Å². The van der Waals surface area contributed by atoms with Gasteiger partial charge in [-0.25, -0.2) is 0 Å². The highest BCUT2D eigenvalue weighted by Crippen LogP contribution is 2.36. The normalized spacial score (nSPS) is 10.5. The Morgan fingerprint density at radius 1 is 0.208 bits per heavy atom. The van der Waals surface area contributed by atoms with Gasteiger partial charge in [-0.1, -0.05) is 78.9 Å². The molecule has 0 unspecified atom stereocenters. The molecule has 0 aliphatic carbocycles. The van der Waals surface area contributed by atoms with Gasteiger partial charge in [0.2, 0.25) is 0 Å². The van der Waals surface area contributed by atoms with Gasteiger partial charge >= 0.3 is 0 Å². The van der Waals surface area contributed by atoms with Crippen molar-refractivity contribution in [2.75, 3.05) is 0 Å². The Morgan fingerprint density at radius 3 is 0.688 bits per heavy atom. The van der Waals surface area contributed by atoms with Crippen LogP contribution in [0.2, 0.25) is 0 Å². The Balaban J connectivity index is 0.000000550. The molecule has 4 aromatic carbocycles. The lowest BCUT2D eigenvalue weighted by Crippen LogP contribution is -1.89. The maximum Gasteiger partial charge on any atom is 0.0346 e. The van der Waals surface area contributed by atoms with Crippen LogP contribution in [0.1, 0.15) is 0 Å². The fraction of sp³-hybridized carbons (Fsp3) is 0. The molecule has 228 valence electrons. The molecule has 4 aromatic heterocycles. The highest BCUT2D eigenvalue weighted by atomic mass is 14.6. The molecule has 0 bridgehead atoms. The molecule has 4 heterocycles. The van der Waals surface area contributed by atoms with Crippen LogP contribution >= 0.6 is 0 Å². The van der Waals surface area contributed by atoms with E-state index in [0.717, 1.165) is 66.8 Å². The first-order chi connectivity index (χ1) is 23.8. The summed E-state index contributed by atoms with van der Waals surface area (Å²) in [5.41, 5.74) is 13.3. The Labute approximate surface area is 281 Å². The molecule has 0 radical (unpaired) electrons. The van der Waals surface area contributed by atoms with E-state index in [0.29, 0.717) is 0 Å². The van der Waals surface area contributed by atoms with Gasteiger partial charge in [-0.05, 0) is 111 Å². The summed E-state index contributed by atoms with van der Waals surface area (Å²) in [6.45, 7) is 0. The van der Waals surface area contributed by atoms with Gasteiger partial charge in [0.25, 0.3) is 0 Å². The quantitative estimate of drug-likeness (QED) is 0.186. The summed E-state index contributed by atoms with van der Waals surface area (Å²) in [4.78, 5) is 17.5. The third-order valence-electron chi connectivity index (χ3n) is 8.04. The van der Waals surface area contributed by atoms with Crippen LogP contribution in [0.5, 0.6) is 0 Å². The van der Waals surface area contributed by atoms with Gasteiger partial charge in [-0.3, -0.25) is 19.9 Å². The Morgan fingerprint density at radius 2 is 0.438 bits per heavy atom. The largest absolute Gasteiger partial charge is 0.264 e. The maximum atomic E-state index is 4.36. The van der Waals surface area contributed by atoms with Crippen molar-refractivity contribution in [2.45, 2.75) is 0 Å². The molecule has 0 saturated carbocycles. The topological polar surface area (TPSA) is 51.6 Å². The molecule has 0 saturated heterocycles. The average molecular weight is 617 g/mol. The molecule has 0 amide bonds. The number of benzene rings is 4. The fourth-order valence-electron chi connectivity index (χ4n) is 5.65. The second-order valence-corrected chi connectivity index (χ2v) is 11.3. The minimum Gasteiger partial charge on any atom is -0.264 e. The number of rotatable bonds is 6. The first-order valence-corrected chi connectivity index (χ1v) is 15.8. The molecule has 4 heteroatoms. The average Bonchev–Trinajstić information content (AvgIpc) is 3.20. The highest BCUT2D eigenvalue weighted by molar-refractivity contribution is 5.85. The van der Waals surface area contributed by atoms with Gasteiger partial charge in [-0.2, -0.15) is 0 Å². The van der Waals surface area contributed by atoms with Crippen molar-refractivity contribution in [1.82, 2.24) is 19.9 Å². The molecule has 48 heavy (non-hydrogen) atoms. The van der Waals surface area contributed by atoms with E-state index >= 15 is 0 Å². The molecule has 0 aliphatic heterocycles. The molecule has 4 nitrogen and oxygen atoms in total. The zero-order chi connectivity index (χ0) is 32.4. The van der Waals surface area contributed by atoms with Crippen molar-refractivity contribution >= 4 is 0 Å². The van der Waals surface area contributed by atoms with Gasteiger partial charge < -0.3 is 0 Å². The van der Waals surface area contributed by atoms with Gasteiger partial charge in [0.1, 0.15) is 0 Å². The van der Waals surface area contributed by atoms with Crippen LogP contribution in [-0.2, 0) is 0 Å². The van der Waals surface area contributed by atoms with Gasteiger partial charge in [0, 0.05) is 71.8 Å². The van der Waals surface area contributed by atoms with E-state index in [1.807, 2.05) is 85.5 Å². The lowest BCUT2D eigenvalue weighted by Gasteiger charge is -2.14. The molecule has 8 rings (SSSR count).